The van der Waals surface area contributed by atoms with Gasteiger partial charge in [0.15, 0.2) is 6.54 Å². The number of amides is 3. The van der Waals surface area contributed by atoms with E-state index in [-0.39, 0.29) is 11.9 Å². The van der Waals surface area contributed by atoms with Gasteiger partial charge in [0.05, 0.1) is 26.2 Å². The minimum Gasteiger partial charge on any atom is -0.360 e. The predicted octanol–water partition coefficient (Wildman–Crippen LogP) is 0.588. The van der Waals surface area contributed by atoms with Crippen molar-refractivity contribution in [3.05, 3.63) is 28.8 Å². The lowest BCUT2D eigenvalue weighted by Gasteiger charge is -2.34. The summed E-state index contributed by atoms with van der Waals surface area (Å²) >= 11 is 6.10. The number of hydrogen-bond acceptors (Lipinski definition) is 3. The minimum atomic E-state index is -0.428. The van der Waals surface area contributed by atoms with Gasteiger partial charge < -0.3 is 15.1 Å². The van der Waals surface area contributed by atoms with Gasteiger partial charge in [-0.3, -0.25) is 10.1 Å². The number of halogens is 1. The number of carbonyl (C=O) groups is 2. The molecule has 132 valence electrons. The zero-order valence-corrected chi connectivity index (χ0v) is 15.2. The van der Waals surface area contributed by atoms with Crippen molar-refractivity contribution in [3.63, 3.8) is 0 Å². The molecule has 0 bridgehead atoms. The van der Waals surface area contributed by atoms with E-state index in [0.29, 0.717) is 6.54 Å². The highest BCUT2D eigenvalue weighted by atomic mass is 35.5. The Morgan fingerprint density at radius 3 is 2.58 bits per heavy atom. The molecule has 7 heteroatoms. The number of imide groups is 1. The largest absolute Gasteiger partial charge is 0.360 e. The number of urea groups is 1. The van der Waals surface area contributed by atoms with E-state index in [1.165, 1.54) is 10.5 Å². The van der Waals surface area contributed by atoms with Gasteiger partial charge in [0.2, 0.25) is 0 Å². The molecule has 0 radical (unpaired) electrons. The van der Waals surface area contributed by atoms with Crippen LogP contribution in [0.25, 0.3) is 0 Å². The Hall–Kier alpha value is -1.79. The maximum atomic E-state index is 11.9. The maximum absolute atomic E-state index is 11.9. The number of nitrogens with one attached hydrogen (secondary N) is 3. The molecule has 1 saturated heterocycles. The summed E-state index contributed by atoms with van der Waals surface area (Å²) in [6.45, 7) is 9.53. The monoisotopic (exact) mass is 353 g/mol. The first-order valence-electron chi connectivity index (χ1n) is 8.30. The number of rotatable bonds is 4. The number of anilines is 1. The average molecular weight is 354 g/mol. The molecule has 1 aromatic rings. The molecule has 1 aromatic carbocycles. The van der Waals surface area contributed by atoms with Crippen molar-refractivity contribution >= 4 is 29.2 Å². The minimum absolute atomic E-state index is 0.00891. The van der Waals surface area contributed by atoms with Crippen LogP contribution < -0.4 is 20.4 Å². The molecular formula is C17H26ClN4O2+. The Bertz CT molecular complexity index is 598. The Labute approximate surface area is 148 Å². The molecule has 0 saturated carbocycles. The van der Waals surface area contributed by atoms with E-state index in [2.05, 4.69) is 22.5 Å². The van der Waals surface area contributed by atoms with E-state index in [4.69, 9.17) is 11.6 Å². The molecule has 0 unspecified atom stereocenters. The number of hydrogen-bond donors (Lipinski definition) is 3. The lowest BCUT2D eigenvalue weighted by Crippen LogP contribution is -3.16. The fourth-order valence-electron chi connectivity index (χ4n) is 2.86. The smallest absolute Gasteiger partial charge is 0.321 e. The van der Waals surface area contributed by atoms with E-state index in [0.717, 1.165) is 36.9 Å². The summed E-state index contributed by atoms with van der Waals surface area (Å²) in [5.74, 6) is -0.240. The number of quaternary nitrogens is 1. The third-order valence-corrected chi connectivity index (χ3v) is 4.30. The van der Waals surface area contributed by atoms with Crippen LogP contribution in [0.3, 0.4) is 0 Å². The molecule has 0 atom stereocenters. The highest BCUT2D eigenvalue weighted by Gasteiger charge is 2.24. The normalized spacial score (nSPS) is 15.5. The maximum Gasteiger partial charge on any atom is 0.321 e. The number of carbonyl (C=O) groups excluding carboxylic acids is 2. The third-order valence-electron chi connectivity index (χ3n) is 4.07. The summed E-state index contributed by atoms with van der Waals surface area (Å²) < 4.78 is 0. The van der Waals surface area contributed by atoms with Gasteiger partial charge in [-0.05, 0) is 38.5 Å². The van der Waals surface area contributed by atoms with Crippen LogP contribution in [0.1, 0.15) is 19.4 Å². The Kier molecular flexibility index (Phi) is 6.45. The number of benzene rings is 1. The molecule has 0 spiro atoms. The summed E-state index contributed by atoms with van der Waals surface area (Å²) in [4.78, 5) is 26.9. The van der Waals surface area contributed by atoms with Crippen LogP contribution >= 0.6 is 11.6 Å². The van der Waals surface area contributed by atoms with Crippen LogP contribution in [-0.4, -0.2) is 50.7 Å². The van der Waals surface area contributed by atoms with Crippen molar-refractivity contribution in [3.8, 4) is 0 Å². The molecule has 6 nitrogen and oxygen atoms in total. The predicted molar refractivity (Wildman–Crippen MR) is 95.8 cm³/mol. The fourth-order valence-corrected chi connectivity index (χ4v) is 3.03. The Morgan fingerprint density at radius 1 is 1.29 bits per heavy atom. The third kappa shape index (κ3) is 5.39. The van der Waals surface area contributed by atoms with Crippen LogP contribution in [0.2, 0.25) is 5.02 Å². The van der Waals surface area contributed by atoms with E-state index in [1.54, 1.807) is 0 Å². The van der Waals surface area contributed by atoms with Gasteiger partial charge in [-0.2, -0.15) is 0 Å². The lowest BCUT2D eigenvalue weighted by atomic mass is 10.1. The van der Waals surface area contributed by atoms with E-state index in [9.17, 15) is 9.59 Å². The van der Waals surface area contributed by atoms with Crippen molar-refractivity contribution in [1.29, 1.82) is 0 Å². The van der Waals surface area contributed by atoms with Crippen LogP contribution in [0.4, 0.5) is 10.5 Å². The van der Waals surface area contributed by atoms with Gasteiger partial charge in [-0.1, -0.05) is 17.7 Å². The first kappa shape index (κ1) is 18.5. The molecule has 0 aliphatic carbocycles. The molecular weight excluding hydrogens is 328 g/mol. The van der Waals surface area contributed by atoms with E-state index in [1.807, 2.05) is 32.0 Å². The molecule has 1 aliphatic heterocycles. The van der Waals surface area contributed by atoms with Gasteiger partial charge in [-0.25, -0.2) is 4.79 Å². The number of piperazine rings is 1. The van der Waals surface area contributed by atoms with E-state index < -0.39 is 6.03 Å². The molecule has 1 heterocycles. The lowest BCUT2D eigenvalue weighted by molar-refractivity contribution is -0.892. The summed E-state index contributed by atoms with van der Waals surface area (Å²) in [5, 5.41) is 5.76. The van der Waals surface area contributed by atoms with Gasteiger partial charge in [0.25, 0.3) is 5.91 Å². The Balaban J connectivity index is 1.81. The summed E-state index contributed by atoms with van der Waals surface area (Å²) in [5.41, 5.74) is 2.35. The van der Waals surface area contributed by atoms with Gasteiger partial charge in [-0.15, -0.1) is 0 Å². The highest BCUT2D eigenvalue weighted by Crippen LogP contribution is 2.24. The quantitative estimate of drug-likeness (QED) is 0.742. The molecule has 1 fully saturated rings. The van der Waals surface area contributed by atoms with Crippen molar-refractivity contribution in [1.82, 2.24) is 10.6 Å². The summed E-state index contributed by atoms with van der Waals surface area (Å²) in [6, 6.07) is 5.49. The van der Waals surface area contributed by atoms with Crippen LogP contribution in [0, 0.1) is 6.92 Å². The van der Waals surface area contributed by atoms with E-state index >= 15 is 0 Å². The highest BCUT2D eigenvalue weighted by molar-refractivity contribution is 6.30. The van der Waals surface area contributed by atoms with Crippen LogP contribution in [0.15, 0.2) is 18.2 Å². The molecule has 24 heavy (non-hydrogen) atoms. The van der Waals surface area contributed by atoms with Crippen molar-refractivity contribution in [2.24, 2.45) is 0 Å². The van der Waals surface area contributed by atoms with Crippen molar-refractivity contribution < 1.29 is 14.5 Å². The standard InChI is InChI=1S/C17H25ClN4O2/c1-12(2)19-17(24)20-16(23)11-21-6-8-22(9-7-21)15-10-14(18)5-4-13(15)3/h4-5,10,12H,6-9,11H2,1-3H3,(H2,19,20,23,24)/p+1. The first-order valence-corrected chi connectivity index (χ1v) is 8.68. The second kappa shape index (κ2) is 8.35. The first-order chi connectivity index (χ1) is 11.3. The van der Waals surface area contributed by atoms with Crippen molar-refractivity contribution in [2.75, 3.05) is 37.6 Å². The van der Waals surface area contributed by atoms with Gasteiger partial charge in [0, 0.05) is 16.8 Å². The van der Waals surface area contributed by atoms with Crippen LogP contribution in [-0.2, 0) is 4.79 Å². The fraction of sp³-hybridized carbons (Fsp3) is 0.529. The van der Waals surface area contributed by atoms with Crippen LogP contribution in [0.5, 0.6) is 0 Å². The summed E-state index contributed by atoms with van der Waals surface area (Å²) in [6.07, 6.45) is 0. The molecule has 3 N–H and O–H groups in total. The average Bonchev–Trinajstić information content (AvgIpc) is 2.49. The Morgan fingerprint density at radius 2 is 1.96 bits per heavy atom. The second-order valence-corrected chi connectivity index (χ2v) is 6.96. The summed E-state index contributed by atoms with van der Waals surface area (Å²) in [7, 11) is 0. The topological polar surface area (TPSA) is 65.9 Å². The molecule has 3 amide bonds. The SMILES string of the molecule is Cc1ccc(Cl)cc1N1CC[NH+](CC(=O)NC(=O)NC(C)C)CC1. The zero-order valence-electron chi connectivity index (χ0n) is 14.5. The second-order valence-electron chi connectivity index (χ2n) is 6.52. The van der Waals surface area contributed by atoms with Crippen molar-refractivity contribution in [2.45, 2.75) is 26.8 Å². The number of aryl methyl sites for hydroxylation is 1. The molecule has 1 aliphatic rings. The number of nitrogens with zero attached hydrogens (tertiary/aromatic N) is 1. The molecule has 2 rings (SSSR count). The zero-order chi connectivity index (χ0) is 17.7. The molecule has 0 aromatic heterocycles. The van der Waals surface area contributed by atoms with Gasteiger partial charge in [0.1, 0.15) is 0 Å². The van der Waals surface area contributed by atoms with Gasteiger partial charge >= 0.3 is 6.03 Å².